The summed E-state index contributed by atoms with van der Waals surface area (Å²) in [5.74, 6) is 0.168. The van der Waals surface area contributed by atoms with E-state index in [2.05, 4.69) is 18.8 Å². The van der Waals surface area contributed by atoms with Gasteiger partial charge in [-0.2, -0.15) is 0 Å². The van der Waals surface area contributed by atoms with Crippen LogP contribution >= 0.6 is 11.8 Å². The zero-order chi connectivity index (χ0) is 13.7. The van der Waals surface area contributed by atoms with Gasteiger partial charge in [-0.15, -0.1) is 0 Å². The van der Waals surface area contributed by atoms with Gasteiger partial charge in [-0.05, 0) is 12.8 Å². The molecule has 1 aromatic rings. The summed E-state index contributed by atoms with van der Waals surface area (Å²) in [6.45, 7) is 6.70. The van der Waals surface area contributed by atoms with Gasteiger partial charge in [0, 0.05) is 6.54 Å². The van der Waals surface area contributed by atoms with Gasteiger partial charge in [0.1, 0.15) is 5.25 Å². The molecule has 0 saturated heterocycles. The van der Waals surface area contributed by atoms with E-state index in [0.29, 0.717) is 5.92 Å². The predicted molar refractivity (Wildman–Crippen MR) is 70.3 cm³/mol. The lowest BCUT2D eigenvalue weighted by atomic mass is 10.2. The number of thioether (sulfide) groups is 1. The number of hydrogen-bond acceptors (Lipinski definition) is 5. The molecule has 0 aromatic carbocycles. The molecule has 0 amide bonds. The highest BCUT2D eigenvalue weighted by Gasteiger charge is 2.19. The van der Waals surface area contributed by atoms with Gasteiger partial charge in [0.15, 0.2) is 5.16 Å². The maximum absolute atomic E-state index is 11.4. The van der Waals surface area contributed by atoms with Crippen LogP contribution in [0.4, 0.5) is 0 Å². The maximum Gasteiger partial charge on any atom is 0.318 e. The Balaban J connectivity index is 2.88. The normalized spacial score (nSPS) is 12.8. The van der Waals surface area contributed by atoms with Crippen LogP contribution in [-0.2, 0) is 22.7 Å². The van der Waals surface area contributed by atoms with Crippen LogP contribution in [0.1, 0.15) is 26.5 Å². The number of aliphatic hydroxyl groups excluding tert-OH is 1. The fourth-order valence-electron chi connectivity index (χ4n) is 1.54. The molecule has 1 heterocycles. The average molecular weight is 272 g/mol. The molecule has 6 heteroatoms. The van der Waals surface area contributed by atoms with E-state index < -0.39 is 0 Å². The Morgan fingerprint density at radius 2 is 2.22 bits per heavy atom. The number of aliphatic hydroxyl groups is 1. The Morgan fingerprint density at radius 3 is 2.72 bits per heavy atom. The first-order valence-electron chi connectivity index (χ1n) is 5.89. The van der Waals surface area contributed by atoms with Crippen LogP contribution in [0.25, 0.3) is 0 Å². The maximum atomic E-state index is 11.4. The number of aromatic nitrogens is 2. The molecule has 0 aliphatic carbocycles. The van der Waals surface area contributed by atoms with Gasteiger partial charge in [-0.1, -0.05) is 25.6 Å². The van der Waals surface area contributed by atoms with Gasteiger partial charge in [-0.3, -0.25) is 4.79 Å². The first kappa shape index (κ1) is 15.0. The minimum absolute atomic E-state index is 0.0487. The summed E-state index contributed by atoms with van der Waals surface area (Å²) in [6.07, 6.45) is 1.65. The summed E-state index contributed by atoms with van der Waals surface area (Å²) in [7, 11) is 1.37. The molecule has 102 valence electrons. The molecule has 1 unspecified atom stereocenters. The molecule has 1 aromatic heterocycles. The van der Waals surface area contributed by atoms with Crippen molar-refractivity contribution in [2.45, 2.75) is 44.3 Å². The van der Waals surface area contributed by atoms with Crippen LogP contribution in [0, 0.1) is 5.92 Å². The summed E-state index contributed by atoms with van der Waals surface area (Å²) in [5.41, 5.74) is 0.767. The largest absolute Gasteiger partial charge is 0.468 e. The Bertz CT molecular complexity index is 404. The van der Waals surface area contributed by atoms with Crippen molar-refractivity contribution in [3.05, 3.63) is 11.9 Å². The first-order chi connectivity index (χ1) is 8.49. The average Bonchev–Trinajstić information content (AvgIpc) is 2.69. The number of esters is 1. The summed E-state index contributed by atoms with van der Waals surface area (Å²) < 4.78 is 6.65. The van der Waals surface area contributed by atoms with E-state index in [9.17, 15) is 9.90 Å². The fraction of sp³-hybridized carbons (Fsp3) is 0.667. The fourth-order valence-corrected chi connectivity index (χ4v) is 2.49. The minimum Gasteiger partial charge on any atom is -0.468 e. The molecular formula is C12H20N2O3S. The quantitative estimate of drug-likeness (QED) is 0.630. The molecule has 0 fully saturated rings. The molecule has 0 aliphatic heterocycles. The Labute approximate surface area is 112 Å². The highest BCUT2D eigenvalue weighted by atomic mass is 32.2. The van der Waals surface area contributed by atoms with Crippen LogP contribution in [-0.4, -0.2) is 33.0 Å². The van der Waals surface area contributed by atoms with E-state index in [1.54, 1.807) is 13.1 Å². The van der Waals surface area contributed by atoms with Crippen LogP contribution in [0.3, 0.4) is 0 Å². The topological polar surface area (TPSA) is 64.3 Å². The number of methoxy groups -OCH3 is 1. The third-order valence-electron chi connectivity index (χ3n) is 2.43. The molecular weight excluding hydrogens is 252 g/mol. The monoisotopic (exact) mass is 272 g/mol. The summed E-state index contributed by atoms with van der Waals surface area (Å²) in [4.78, 5) is 15.7. The molecule has 1 rings (SSSR count). The zero-order valence-electron chi connectivity index (χ0n) is 11.2. The van der Waals surface area contributed by atoms with Crippen LogP contribution in [0.5, 0.6) is 0 Å². The van der Waals surface area contributed by atoms with Gasteiger partial charge < -0.3 is 14.4 Å². The van der Waals surface area contributed by atoms with Crippen molar-refractivity contribution < 1.29 is 14.6 Å². The molecule has 0 spiro atoms. The van der Waals surface area contributed by atoms with Crippen LogP contribution in [0.15, 0.2) is 11.4 Å². The van der Waals surface area contributed by atoms with Crippen molar-refractivity contribution in [3.8, 4) is 0 Å². The van der Waals surface area contributed by atoms with Crippen molar-refractivity contribution >= 4 is 17.7 Å². The third-order valence-corrected chi connectivity index (χ3v) is 3.51. The van der Waals surface area contributed by atoms with Gasteiger partial charge >= 0.3 is 5.97 Å². The van der Waals surface area contributed by atoms with Gasteiger partial charge in [-0.25, -0.2) is 4.98 Å². The second kappa shape index (κ2) is 6.80. The predicted octanol–water partition coefficient (Wildman–Crippen LogP) is 1.68. The Hall–Kier alpha value is -1.01. The zero-order valence-corrected chi connectivity index (χ0v) is 12.0. The number of carbonyl (C=O) groups is 1. The van der Waals surface area contributed by atoms with Crippen molar-refractivity contribution in [3.63, 3.8) is 0 Å². The molecule has 5 nitrogen and oxygen atoms in total. The van der Waals surface area contributed by atoms with Crippen molar-refractivity contribution in [2.24, 2.45) is 5.92 Å². The smallest absolute Gasteiger partial charge is 0.318 e. The molecule has 1 N–H and O–H groups in total. The molecule has 0 aliphatic rings. The van der Waals surface area contributed by atoms with Gasteiger partial charge in [0.05, 0.1) is 25.6 Å². The van der Waals surface area contributed by atoms with E-state index in [0.717, 1.165) is 17.4 Å². The molecule has 0 saturated carbocycles. The highest BCUT2D eigenvalue weighted by Crippen LogP contribution is 2.25. The van der Waals surface area contributed by atoms with E-state index >= 15 is 0 Å². The van der Waals surface area contributed by atoms with E-state index in [1.807, 2.05) is 4.57 Å². The second-order valence-electron chi connectivity index (χ2n) is 4.48. The van der Waals surface area contributed by atoms with Crippen molar-refractivity contribution in [1.82, 2.24) is 9.55 Å². The lowest BCUT2D eigenvalue weighted by Gasteiger charge is -2.14. The lowest BCUT2D eigenvalue weighted by molar-refractivity contribution is -0.139. The van der Waals surface area contributed by atoms with Crippen LogP contribution < -0.4 is 0 Å². The number of rotatable bonds is 6. The molecule has 0 bridgehead atoms. The second-order valence-corrected chi connectivity index (χ2v) is 5.79. The lowest BCUT2D eigenvalue weighted by Crippen LogP contribution is -2.17. The summed E-state index contributed by atoms with van der Waals surface area (Å²) in [6, 6.07) is 0. The molecule has 1 atom stereocenters. The standard InChI is InChI=1S/C12H20N2O3S/c1-8(2)6-14-10(7-15)5-13-12(14)18-9(3)11(16)17-4/h5,8-9,15H,6-7H2,1-4H3. The van der Waals surface area contributed by atoms with E-state index in [4.69, 9.17) is 4.74 Å². The molecule has 0 radical (unpaired) electrons. The highest BCUT2D eigenvalue weighted by molar-refractivity contribution is 8.00. The van der Waals surface area contributed by atoms with Crippen molar-refractivity contribution in [2.75, 3.05) is 7.11 Å². The van der Waals surface area contributed by atoms with E-state index in [1.165, 1.54) is 18.9 Å². The first-order valence-corrected chi connectivity index (χ1v) is 6.77. The molecule has 18 heavy (non-hydrogen) atoms. The number of nitrogens with zero attached hydrogens (tertiary/aromatic N) is 2. The van der Waals surface area contributed by atoms with Gasteiger partial charge in [0.2, 0.25) is 0 Å². The van der Waals surface area contributed by atoms with Crippen molar-refractivity contribution in [1.29, 1.82) is 0 Å². The number of ether oxygens (including phenoxy) is 1. The number of imidazole rings is 1. The summed E-state index contributed by atoms with van der Waals surface area (Å²) in [5, 5.41) is 9.70. The minimum atomic E-state index is -0.310. The number of carbonyl (C=O) groups excluding carboxylic acids is 1. The van der Waals surface area contributed by atoms with E-state index in [-0.39, 0.29) is 17.8 Å². The van der Waals surface area contributed by atoms with Crippen LogP contribution in [0.2, 0.25) is 0 Å². The Morgan fingerprint density at radius 1 is 1.56 bits per heavy atom. The summed E-state index contributed by atoms with van der Waals surface area (Å²) >= 11 is 1.35. The van der Waals surface area contributed by atoms with Gasteiger partial charge in [0.25, 0.3) is 0 Å². The number of hydrogen-bond donors (Lipinski definition) is 1. The SMILES string of the molecule is COC(=O)C(C)Sc1ncc(CO)n1CC(C)C. The third kappa shape index (κ3) is 3.74. The Kier molecular flexibility index (Phi) is 5.68.